The summed E-state index contributed by atoms with van der Waals surface area (Å²) in [6.45, 7) is 9.68. The molecular formula is C12H26N2O2. The number of rotatable bonds is 8. The van der Waals surface area contributed by atoms with Crippen molar-refractivity contribution >= 4 is 5.91 Å². The Morgan fingerprint density at radius 2 is 1.94 bits per heavy atom. The molecule has 0 radical (unpaired) electrons. The number of carbonyl (C=O) groups is 1. The van der Waals surface area contributed by atoms with Crippen LogP contribution in [0.15, 0.2) is 0 Å². The van der Waals surface area contributed by atoms with Crippen LogP contribution in [0, 0.1) is 5.92 Å². The summed E-state index contributed by atoms with van der Waals surface area (Å²) in [6.07, 6.45) is 0.515. The summed E-state index contributed by atoms with van der Waals surface area (Å²) >= 11 is 0. The van der Waals surface area contributed by atoms with E-state index in [4.69, 9.17) is 4.74 Å². The molecule has 0 aliphatic heterocycles. The van der Waals surface area contributed by atoms with Gasteiger partial charge in [0, 0.05) is 19.6 Å². The average Bonchev–Trinajstić information content (AvgIpc) is 2.16. The van der Waals surface area contributed by atoms with E-state index in [2.05, 4.69) is 24.5 Å². The zero-order valence-electron chi connectivity index (χ0n) is 11.2. The zero-order valence-corrected chi connectivity index (χ0v) is 11.2. The molecule has 16 heavy (non-hydrogen) atoms. The lowest BCUT2D eigenvalue weighted by atomic mass is 10.0. The zero-order chi connectivity index (χ0) is 12.6. The monoisotopic (exact) mass is 230 g/mol. The summed E-state index contributed by atoms with van der Waals surface area (Å²) < 4.78 is 5.09. The smallest absolute Gasteiger partial charge is 0.221 e. The van der Waals surface area contributed by atoms with Gasteiger partial charge >= 0.3 is 0 Å². The maximum atomic E-state index is 11.7. The van der Waals surface area contributed by atoms with Crippen LogP contribution in [-0.4, -0.2) is 38.3 Å². The third-order valence-corrected chi connectivity index (χ3v) is 2.54. The number of hydrogen-bond donors (Lipinski definition) is 2. The largest absolute Gasteiger partial charge is 0.383 e. The number of nitrogens with one attached hydrogen (secondary N) is 2. The molecule has 0 aromatic carbocycles. The van der Waals surface area contributed by atoms with E-state index in [9.17, 15) is 4.79 Å². The van der Waals surface area contributed by atoms with E-state index in [1.165, 1.54) is 0 Å². The third kappa shape index (κ3) is 6.80. The molecule has 0 aliphatic carbocycles. The molecule has 4 nitrogen and oxygen atoms in total. The Balaban J connectivity index is 3.99. The summed E-state index contributed by atoms with van der Waals surface area (Å²) in [6, 6.07) is 0.326. The maximum absolute atomic E-state index is 11.7. The summed E-state index contributed by atoms with van der Waals surface area (Å²) in [4.78, 5) is 11.7. The van der Waals surface area contributed by atoms with Crippen LogP contribution in [0.4, 0.5) is 0 Å². The summed E-state index contributed by atoms with van der Waals surface area (Å²) in [5.41, 5.74) is 0. The van der Waals surface area contributed by atoms with Crippen LogP contribution in [0.2, 0.25) is 0 Å². The Morgan fingerprint density at radius 3 is 2.38 bits per heavy atom. The minimum absolute atomic E-state index is 0.0872. The van der Waals surface area contributed by atoms with Gasteiger partial charge in [0.2, 0.25) is 5.91 Å². The number of ether oxygens (including phenoxy) is 1. The van der Waals surface area contributed by atoms with Gasteiger partial charge in [0.25, 0.3) is 0 Å². The standard InChI is InChI=1S/C12H26N2O2/c1-6-13-10(4)7-12(15)14-11(8-16-5)9(2)3/h9-11,13H,6-8H2,1-5H3,(H,14,15). The second-order valence-electron chi connectivity index (χ2n) is 4.54. The van der Waals surface area contributed by atoms with Crippen molar-refractivity contribution in [1.82, 2.24) is 10.6 Å². The van der Waals surface area contributed by atoms with E-state index in [0.717, 1.165) is 6.54 Å². The van der Waals surface area contributed by atoms with Crippen LogP contribution < -0.4 is 10.6 Å². The number of amides is 1. The highest BCUT2D eigenvalue weighted by atomic mass is 16.5. The quantitative estimate of drug-likeness (QED) is 0.658. The molecule has 1 amide bonds. The normalized spacial score (nSPS) is 14.9. The summed E-state index contributed by atoms with van der Waals surface area (Å²) in [5, 5.41) is 6.22. The molecule has 2 atom stereocenters. The van der Waals surface area contributed by atoms with E-state index < -0.39 is 0 Å². The van der Waals surface area contributed by atoms with Gasteiger partial charge in [-0.1, -0.05) is 20.8 Å². The second-order valence-corrected chi connectivity index (χ2v) is 4.54. The molecule has 0 bridgehead atoms. The van der Waals surface area contributed by atoms with Gasteiger partial charge in [-0.15, -0.1) is 0 Å². The number of hydrogen-bond acceptors (Lipinski definition) is 3. The molecular weight excluding hydrogens is 204 g/mol. The molecule has 0 saturated heterocycles. The van der Waals surface area contributed by atoms with Crippen molar-refractivity contribution in [3.63, 3.8) is 0 Å². The lowest BCUT2D eigenvalue weighted by Crippen LogP contribution is -2.43. The average molecular weight is 230 g/mol. The van der Waals surface area contributed by atoms with Crippen molar-refractivity contribution in [1.29, 1.82) is 0 Å². The van der Waals surface area contributed by atoms with Gasteiger partial charge in [-0.05, 0) is 19.4 Å². The lowest BCUT2D eigenvalue weighted by Gasteiger charge is -2.22. The second kappa shape index (κ2) is 8.53. The minimum Gasteiger partial charge on any atom is -0.383 e. The molecule has 2 N–H and O–H groups in total. The van der Waals surface area contributed by atoms with Crippen LogP contribution in [0.5, 0.6) is 0 Å². The van der Waals surface area contributed by atoms with Crippen LogP contribution in [0.25, 0.3) is 0 Å². The van der Waals surface area contributed by atoms with Gasteiger partial charge in [-0.3, -0.25) is 4.79 Å². The first-order chi connectivity index (χ1) is 7.51. The number of methoxy groups -OCH3 is 1. The van der Waals surface area contributed by atoms with E-state index >= 15 is 0 Å². The van der Waals surface area contributed by atoms with E-state index in [0.29, 0.717) is 18.9 Å². The highest BCUT2D eigenvalue weighted by Crippen LogP contribution is 2.03. The highest BCUT2D eigenvalue weighted by Gasteiger charge is 2.17. The van der Waals surface area contributed by atoms with Crippen molar-refractivity contribution in [3.8, 4) is 0 Å². The first-order valence-corrected chi connectivity index (χ1v) is 6.02. The maximum Gasteiger partial charge on any atom is 0.221 e. The van der Waals surface area contributed by atoms with Crippen LogP contribution >= 0.6 is 0 Å². The van der Waals surface area contributed by atoms with Crippen molar-refractivity contribution in [2.24, 2.45) is 5.92 Å². The lowest BCUT2D eigenvalue weighted by molar-refractivity contribution is -0.123. The summed E-state index contributed by atoms with van der Waals surface area (Å²) in [5.74, 6) is 0.475. The van der Waals surface area contributed by atoms with Crippen LogP contribution in [-0.2, 0) is 9.53 Å². The van der Waals surface area contributed by atoms with Gasteiger partial charge in [0.05, 0.1) is 12.6 Å². The van der Waals surface area contributed by atoms with Gasteiger partial charge in [-0.2, -0.15) is 0 Å². The minimum atomic E-state index is 0.0872. The van der Waals surface area contributed by atoms with Crippen molar-refractivity contribution in [2.45, 2.75) is 46.2 Å². The van der Waals surface area contributed by atoms with Crippen molar-refractivity contribution in [2.75, 3.05) is 20.3 Å². The molecule has 0 spiro atoms. The van der Waals surface area contributed by atoms with Gasteiger partial charge in [0.1, 0.15) is 0 Å². The Hall–Kier alpha value is -0.610. The molecule has 0 rings (SSSR count). The fourth-order valence-corrected chi connectivity index (χ4v) is 1.54. The summed E-state index contributed by atoms with van der Waals surface area (Å²) in [7, 11) is 1.66. The molecule has 0 heterocycles. The van der Waals surface area contributed by atoms with E-state index in [1.54, 1.807) is 7.11 Å². The van der Waals surface area contributed by atoms with Gasteiger partial charge in [0.15, 0.2) is 0 Å². The Kier molecular flexibility index (Phi) is 8.21. The highest BCUT2D eigenvalue weighted by molar-refractivity contribution is 5.76. The SMILES string of the molecule is CCNC(C)CC(=O)NC(COC)C(C)C. The molecule has 0 aromatic heterocycles. The molecule has 0 aromatic rings. The first kappa shape index (κ1) is 15.4. The van der Waals surface area contributed by atoms with Crippen molar-refractivity contribution in [3.05, 3.63) is 0 Å². The molecule has 0 saturated carbocycles. The predicted octanol–water partition coefficient (Wildman–Crippen LogP) is 1.16. The Labute approximate surface area is 99.1 Å². The first-order valence-electron chi connectivity index (χ1n) is 6.02. The predicted molar refractivity (Wildman–Crippen MR) is 66.4 cm³/mol. The Bertz CT molecular complexity index is 195. The van der Waals surface area contributed by atoms with Crippen LogP contribution in [0.1, 0.15) is 34.1 Å². The molecule has 0 aliphatic rings. The fraction of sp³-hybridized carbons (Fsp3) is 0.917. The molecule has 96 valence electrons. The molecule has 4 heteroatoms. The number of carbonyl (C=O) groups excluding carboxylic acids is 1. The van der Waals surface area contributed by atoms with Gasteiger partial charge in [-0.25, -0.2) is 0 Å². The molecule has 0 fully saturated rings. The van der Waals surface area contributed by atoms with E-state index in [1.807, 2.05) is 13.8 Å². The van der Waals surface area contributed by atoms with E-state index in [-0.39, 0.29) is 18.0 Å². The molecule has 2 unspecified atom stereocenters. The van der Waals surface area contributed by atoms with Crippen molar-refractivity contribution < 1.29 is 9.53 Å². The van der Waals surface area contributed by atoms with Crippen LogP contribution in [0.3, 0.4) is 0 Å². The Morgan fingerprint density at radius 1 is 1.31 bits per heavy atom. The fourth-order valence-electron chi connectivity index (χ4n) is 1.54. The van der Waals surface area contributed by atoms with Gasteiger partial charge < -0.3 is 15.4 Å². The third-order valence-electron chi connectivity index (χ3n) is 2.54. The topological polar surface area (TPSA) is 50.4 Å².